The number of fused-ring (bicyclic) bond motifs is 1. The molecule has 0 unspecified atom stereocenters. The second-order valence-corrected chi connectivity index (χ2v) is 5.69. The summed E-state index contributed by atoms with van der Waals surface area (Å²) >= 11 is 0. The van der Waals surface area contributed by atoms with Crippen LogP contribution < -0.4 is 16.4 Å². The van der Waals surface area contributed by atoms with Gasteiger partial charge in [-0.3, -0.25) is 0 Å². The Hall–Kier alpha value is -4.01. The molecule has 27 heavy (non-hydrogen) atoms. The average Bonchev–Trinajstić information content (AvgIpc) is 3.10. The highest BCUT2D eigenvalue weighted by Crippen LogP contribution is 2.20. The predicted octanol–water partition coefficient (Wildman–Crippen LogP) is 3.18. The third kappa shape index (κ3) is 3.38. The molecule has 4 N–H and O–H groups in total. The number of carbonyl (C=O) groups excluding carboxylic acids is 1. The van der Waals surface area contributed by atoms with Gasteiger partial charge < -0.3 is 16.4 Å². The van der Waals surface area contributed by atoms with E-state index in [2.05, 4.69) is 25.7 Å². The molecule has 0 saturated carbocycles. The molecule has 0 saturated heterocycles. The van der Waals surface area contributed by atoms with Gasteiger partial charge in [0.25, 0.3) is 0 Å². The van der Waals surface area contributed by atoms with Crippen LogP contribution in [-0.4, -0.2) is 25.8 Å². The van der Waals surface area contributed by atoms with Crippen LogP contribution in [0.1, 0.15) is 0 Å². The molecule has 0 atom stereocenters. The van der Waals surface area contributed by atoms with Crippen LogP contribution in [0.2, 0.25) is 0 Å². The number of nitrogens with two attached hydrogens (primary N) is 1. The molecule has 8 nitrogen and oxygen atoms in total. The molecule has 2 amide bonds. The average molecular weight is 363 g/mol. The van der Waals surface area contributed by atoms with E-state index < -0.39 is 6.03 Å². The van der Waals surface area contributed by atoms with Crippen molar-refractivity contribution in [1.29, 1.82) is 0 Å². The fraction of sp³-hybridized carbons (Fsp3) is 0. The summed E-state index contributed by atoms with van der Waals surface area (Å²) in [6.07, 6.45) is 2.98. The molecule has 2 aromatic heterocycles. The summed E-state index contributed by atoms with van der Waals surface area (Å²) in [7, 11) is 0. The SMILES string of the molecule is Nc1ncnc2c1cnn2-c1ccc(NC(=O)Nc2ccc(F)cc2)cc1. The van der Waals surface area contributed by atoms with Crippen molar-refractivity contribution in [3.05, 3.63) is 66.9 Å². The standard InChI is InChI=1S/C18H14FN7O/c19-11-1-3-12(4-2-11)24-18(27)25-13-5-7-14(8-6-13)26-17-15(9-23-26)16(20)21-10-22-17/h1-10H,(H2,20,21,22)(H2,24,25,27). The summed E-state index contributed by atoms with van der Waals surface area (Å²) in [6, 6.07) is 12.1. The van der Waals surface area contributed by atoms with Gasteiger partial charge in [0, 0.05) is 11.4 Å². The number of hydrogen-bond donors (Lipinski definition) is 3. The normalized spacial score (nSPS) is 10.7. The van der Waals surface area contributed by atoms with E-state index in [1.807, 2.05) is 0 Å². The maximum absolute atomic E-state index is 12.9. The molecule has 0 bridgehead atoms. The van der Waals surface area contributed by atoms with Crippen molar-refractivity contribution in [2.45, 2.75) is 0 Å². The number of urea groups is 1. The number of nitrogens with zero attached hydrogens (tertiary/aromatic N) is 4. The van der Waals surface area contributed by atoms with Gasteiger partial charge in [0.2, 0.25) is 0 Å². The Bertz CT molecular complexity index is 1110. The minimum absolute atomic E-state index is 0.363. The van der Waals surface area contributed by atoms with E-state index in [1.54, 1.807) is 35.1 Å². The number of carbonyl (C=O) groups is 1. The van der Waals surface area contributed by atoms with Crippen molar-refractivity contribution in [2.24, 2.45) is 0 Å². The van der Waals surface area contributed by atoms with Crippen LogP contribution in [0.4, 0.5) is 26.4 Å². The van der Waals surface area contributed by atoms with Crippen molar-refractivity contribution in [3.8, 4) is 5.69 Å². The number of anilines is 3. The van der Waals surface area contributed by atoms with Crippen LogP contribution in [0, 0.1) is 5.82 Å². The summed E-state index contributed by atoms with van der Waals surface area (Å²) in [5.74, 6) is -0.00304. The Morgan fingerprint density at radius 1 is 0.963 bits per heavy atom. The maximum Gasteiger partial charge on any atom is 0.323 e. The summed E-state index contributed by atoms with van der Waals surface area (Å²) in [4.78, 5) is 20.2. The summed E-state index contributed by atoms with van der Waals surface area (Å²) in [5.41, 5.74) is 8.25. The number of amides is 2. The molecule has 0 aliphatic carbocycles. The molecule has 2 heterocycles. The minimum atomic E-state index is -0.431. The Morgan fingerprint density at radius 3 is 2.26 bits per heavy atom. The van der Waals surface area contributed by atoms with E-state index in [0.717, 1.165) is 5.69 Å². The molecule has 134 valence electrons. The van der Waals surface area contributed by atoms with E-state index in [0.29, 0.717) is 28.2 Å². The smallest absolute Gasteiger partial charge is 0.323 e. The van der Waals surface area contributed by atoms with Crippen LogP contribution in [-0.2, 0) is 0 Å². The van der Waals surface area contributed by atoms with Crippen LogP contribution in [0.15, 0.2) is 61.1 Å². The zero-order valence-electron chi connectivity index (χ0n) is 13.9. The van der Waals surface area contributed by atoms with Crippen LogP contribution in [0.25, 0.3) is 16.7 Å². The Labute approximate surface area is 152 Å². The Morgan fingerprint density at radius 2 is 1.59 bits per heavy atom. The summed E-state index contributed by atoms with van der Waals surface area (Å²) in [5, 5.41) is 10.3. The molecule has 0 aliphatic rings. The van der Waals surface area contributed by atoms with Gasteiger partial charge in [0.05, 0.1) is 17.3 Å². The first-order valence-electron chi connectivity index (χ1n) is 7.98. The first kappa shape index (κ1) is 16.5. The van der Waals surface area contributed by atoms with E-state index in [-0.39, 0.29) is 5.82 Å². The monoisotopic (exact) mass is 363 g/mol. The zero-order valence-corrected chi connectivity index (χ0v) is 13.9. The largest absolute Gasteiger partial charge is 0.383 e. The van der Waals surface area contributed by atoms with Crippen LogP contribution in [0.5, 0.6) is 0 Å². The lowest BCUT2D eigenvalue weighted by Crippen LogP contribution is -2.19. The highest BCUT2D eigenvalue weighted by molar-refractivity contribution is 5.99. The highest BCUT2D eigenvalue weighted by atomic mass is 19.1. The number of rotatable bonds is 3. The van der Waals surface area contributed by atoms with E-state index in [1.165, 1.54) is 30.6 Å². The molecular weight excluding hydrogens is 349 g/mol. The second-order valence-electron chi connectivity index (χ2n) is 5.69. The third-order valence-electron chi connectivity index (χ3n) is 3.87. The molecule has 4 aromatic rings. The Kier molecular flexibility index (Phi) is 4.09. The zero-order chi connectivity index (χ0) is 18.8. The Balaban J connectivity index is 1.49. The molecular formula is C18H14FN7O. The lowest BCUT2D eigenvalue weighted by Gasteiger charge is -2.09. The lowest BCUT2D eigenvalue weighted by atomic mass is 10.3. The van der Waals surface area contributed by atoms with E-state index >= 15 is 0 Å². The molecule has 0 radical (unpaired) electrons. The fourth-order valence-corrected chi connectivity index (χ4v) is 2.56. The molecule has 9 heteroatoms. The van der Waals surface area contributed by atoms with Gasteiger partial charge in [-0.1, -0.05) is 0 Å². The maximum atomic E-state index is 12.9. The predicted molar refractivity (Wildman–Crippen MR) is 100 cm³/mol. The van der Waals surface area contributed by atoms with Gasteiger partial charge in [-0.15, -0.1) is 0 Å². The first-order valence-corrected chi connectivity index (χ1v) is 7.98. The van der Waals surface area contributed by atoms with Gasteiger partial charge in [0.1, 0.15) is 18.0 Å². The van der Waals surface area contributed by atoms with E-state index in [9.17, 15) is 9.18 Å². The van der Waals surface area contributed by atoms with Gasteiger partial charge in [-0.25, -0.2) is 23.8 Å². The van der Waals surface area contributed by atoms with Crippen LogP contribution in [0.3, 0.4) is 0 Å². The number of nitrogens with one attached hydrogen (secondary N) is 2. The number of nitrogen functional groups attached to an aromatic ring is 1. The van der Waals surface area contributed by atoms with E-state index in [4.69, 9.17) is 5.73 Å². The molecule has 0 fully saturated rings. The molecule has 0 spiro atoms. The summed E-state index contributed by atoms with van der Waals surface area (Å²) in [6.45, 7) is 0. The van der Waals surface area contributed by atoms with Crippen molar-refractivity contribution in [1.82, 2.24) is 19.7 Å². The molecule has 0 aliphatic heterocycles. The van der Waals surface area contributed by atoms with Crippen LogP contribution >= 0.6 is 0 Å². The second kappa shape index (κ2) is 6.71. The van der Waals surface area contributed by atoms with Gasteiger partial charge in [-0.2, -0.15) is 5.10 Å². The number of benzene rings is 2. The third-order valence-corrected chi connectivity index (χ3v) is 3.87. The van der Waals surface area contributed by atoms with Crippen molar-refractivity contribution in [3.63, 3.8) is 0 Å². The van der Waals surface area contributed by atoms with Gasteiger partial charge in [0.15, 0.2) is 5.65 Å². The number of halogens is 1. The van der Waals surface area contributed by atoms with Gasteiger partial charge in [-0.05, 0) is 48.5 Å². The highest BCUT2D eigenvalue weighted by Gasteiger charge is 2.09. The number of aromatic nitrogens is 4. The molecule has 2 aromatic carbocycles. The van der Waals surface area contributed by atoms with Crippen molar-refractivity contribution >= 4 is 34.3 Å². The quantitative estimate of drug-likeness (QED) is 0.518. The lowest BCUT2D eigenvalue weighted by molar-refractivity contribution is 0.262. The topological polar surface area (TPSA) is 111 Å². The molecule has 4 rings (SSSR count). The fourth-order valence-electron chi connectivity index (χ4n) is 2.56. The van der Waals surface area contributed by atoms with Crippen molar-refractivity contribution < 1.29 is 9.18 Å². The minimum Gasteiger partial charge on any atom is -0.383 e. The summed E-state index contributed by atoms with van der Waals surface area (Å²) < 4.78 is 14.5. The van der Waals surface area contributed by atoms with Crippen molar-refractivity contribution in [2.75, 3.05) is 16.4 Å². The first-order chi connectivity index (χ1) is 13.1. The van der Waals surface area contributed by atoms with Gasteiger partial charge >= 0.3 is 6.03 Å². The number of hydrogen-bond acceptors (Lipinski definition) is 5.